The van der Waals surface area contributed by atoms with Gasteiger partial charge in [-0.1, -0.05) is 18.2 Å². The standard InChI is InChI=1S/C15H10F4O3/c1-8-6-10(11(14(20)21)7-12(8)16)9-4-2-3-5-13(9)22-15(17,18)19/h2-7H,1H3,(H,20,21). The molecule has 0 aliphatic carbocycles. The molecule has 0 saturated carbocycles. The van der Waals surface area contributed by atoms with Crippen LogP contribution < -0.4 is 4.74 Å². The maximum atomic E-state index is 13.5. The van der Waals surface area contributed by atoms with Gasteiger partial charge in [-0.25, -0.2) is 9.18 Å². The Balaban J connectivity index is 2.67. The van der Waals surface area contributed by atoms with Gasteiger partial charge >= 0.3 is 12.3 Å². The molecule has 0 heterocycles. The number of carboxylic acids is 1. The van der Waals surface area contributed by atoms with Crippen molar-refractivity contribution < 1.29 is 32.2 Å². The minimum atomic E-state index is -4.92. The molecule has 0 fully saturated rings. The lowest BCUT2D eigenvalue weighted by molar-refractivity contribution is -0.274. The number of aryl methyl sites for hydroxylation is 1. The predicted molar refractivity (Wildman–Crippen MR) is 70.2 cm³/mol. The van der Waals surface area contributed by atoms with E-state index in [1.54, 1.807) is 0 Å². The van der Waals surface area contributed by atoms with E-state index in [0.717, 1.165) is 12.1 Å². The number of rotatable bonds is 3. The molecule has 22 heavy (non-hydrogen) atoms. The van der Waals surface area contributed by atoms with Gasteiger partial charge in [0, 0.05) is 11.1 Å². The lowest BCUT2D eigenvalue weighted by atomic mass is 9.96. The number of para-hydroxylation sites is 1. The maximum absolute atomic E-state index is 13.5. The first-order valence-corrected chi connectivity index (χ1v) is 6.07. The molecule has 0 aromatic heterocycles. The van der Waals surface area contributed by atoms with E-state index in [0.29, 0.717) is 0 Å². The molecule has 2 rings (SSSR count). The van der Waals surface area contributed by atoms with Gasteiger partial charge in [-0.3, -0.25) is 0 Å². The summed E-state index contributed by atoms with van der Waals surface area (Å²) in [6.07, 6.45) is -4.92. The molecule has 2 aromatic carbocycles. The Bertz CT molecular complexity index is 723. The van der Waals surface area contributed by atoms with Crippen molar-refractivity contribution in [2.24, 2.45) is 0 Å². The second-order valence-electron chi connectivity index (χ2n) is 4.50. The number of carbonyl (C=O) groups is 1. The molecule has 0 amide bonds. The number of ether oxygens (including phenoxy) is 1. The fourth-order valence-corrected chi connectivity index (χ4v) is 1.98. The summed E-state index contributed by atoms with van der Waals surface area (Å²) < 4.78 is 54.8. The number of hydrogen-bond acceptors (Lipinski definition) is 2. The quantitative estimate of drug-likeness (QED) is 0.854. The van der Waals surface area contributed by atoms with Crippen LogP contribution in [0.3, 0.4) is 0 Å². The Labute approximate surface area is 122 Å². The largest absolute Gasteiger partial charge is 0.573 e. The second kappa shape index (κ2) is 5.67. The highest BCUT2D eigenvalue weighted by atomic mass is 19.4. The van der Waals surface area contributed by atoms with Crippen LogP contribution in [0.25, 0.3) is 11.1 Å². The summed E-state index contributed by atoms with van der Waals surface area (Å²) in [7, 11) is 0. The van der Waals surface area contributed by atoms with Crippen LogP contribution in [0.2, 0.25) is 0 Å². The summed E-state index contributed by atoms with van der Waals surface area (Å²) in [5.41, 5.74) is -0.463. The molecule has 116 valence electrons. The van der Waals surface area contributed by atoms with E-state index in [4.69, 9.17) is 5.11 Å². The first-order chi connectivity index (χ1) is 10.2. The molecule has 0 unspecified atom stereocenters. The van der Waals surface area contributed by atoms with E-state index >= 15 is 0 Å². The highest BCUT2D eigenvalue weighted by Crippen LogP contribution is 2.36. The molecule has 0 aliphatic heterocycles. The topological polar surface area (TPSA) is 46.5 Å². The van der Waals surface area contributed by atoms with Crippen LogP contribution in [0.5, 0.6) is 5.75 Å². The number of alkyl halides is 3. The minimum absolute atomic E-state index is 0.0498. The number of halogens is 4. The molecule has 0 saturated heterocycles. The third kappa shape index (κ3) is 3.36. The summed E-state index contributed by atoms with van der Waals surface area (Å²) in [6, 6.07) is 7.05. The van der Waals surface area contributed by atoms with Crippen molar-refractivity contribution in [3.63, 3.8) is 0 Å². The number of aromatic carboxylic acids is 1. The first-order valence-electron chi connectivity index (χ1n) is 6.07. The van der Waals surface area contributed by atoms with Gasteiger partial charge in [-0.15, -0.1) is 13.2 Å². The molecule has 0 bridgehead atoms. The molecular weight excluding hydrogens is 304 g/mol. The van der Waals surface area contributed by atoms with Crippen LogP contribution in [-0.4, -0.2) is 17.4 Å². The Morgan fingerprint density at radius 1 is 1.14 bits per heavy atom. The van der Waals surface area contributed by atoms with Gasteiger partial charge < -0.3 is 9.84 Å². The van der Waals surface area contributed by atoms with E-state index in [1.165, 1.54) is 31.2 Å². The molecular formula is C15H10F4O3. The van der Waals surface area contributed by atoms with Crippen molar-refractivity contribution in [3.8, 4) is 16.9 Å². The summed E-state index contributed by atoms with van der Waals surface area (Å²) in [4.78, 5) is 11.2. The fourth-order valence-electron chi connectivity index (χ4n) is 1.98. The van der Waals surface area contributed by atoms with Crippen LogP contribution in [0, 0.1) is 12.7 Å². The lowest BCUT2D eigenvalue weighted by Crippen LogP contribution is -2.17. The average Bonchev–Trinajstić information content (AvgIpc) is 2.40. The Kier molecular flexibility index (Phi) is 4.07. The minimum Gasteiger partial charge on any atom is -0.478 e. The van der Waals surface area contributed by atoms with Crippen LogP contribution >= 0.6 is 0 Å². The molecule has 0 radical (unpaired) electrons. The van der Waals surface area contributed by atoms with Crippen molar-refractivity contribution >= 4 is 5.97 Å². The molecule has 7 heteroatoms. The van der Waals surface area contributed by atoms with Crippen LogP contribution in [0.1, 0.15) is 15.9 Å². The first kappa shape index (κ1) is 15.8. The van der Waals surface area contributed by atoms with E-state index in [1.807, 2.05) is 0 Å². The summed E-state index contributed by atoms with van der Waals surface area (Å²) >= 11 is 0. The lowest BCUT2D eigenvalue weighted by Gasteiger charge is -2.15. The molecule has 3 nitrogen and oxygen atoms in total. The monoisotopic (exact) mass is 314 g/mol. The third-order valence-electron chi connectivity index (χ3n) is 2.93. The average molecular weight is 314 g/mol. The van der Waals surface area contributed by atoms with Crippen molar-refractivity contribution in [1.29, 1.82) is 0 Å². The Morgan fingerprint density at radius 2 is 1.77 bits per heavy atom. The summed E-state index contributed by atoms with van der Waals surface area (Å²) in [5.74, 6) is -2.76. The highest BCUT2D eigenvalue weighted by molar-refractivity contribution is 5.97. The predicted octanol–water partition coefficient (Wildman–Crippen LogP) is 4.40. The Hall–Kier alpha value is -2.57. The fraction of sp³-hybridized carbons (Fsp3) is 0.133. The molecule has 1 N–H and O–H groups in total. The van der Waals surface area contributed by atoms with Crippen molar-refractivity contribution in [2.45, 2.75) is 13.3 Å². The zero-order valence-electron chi connectivity index (χ0n) is 11.2. The smallest absolute Gasteiger partial charge is 0.478 e. The van der Waals surface area contributed by atoms with Gasteiger partial charge in [0.15, 0.2) is 0 Å². The van der Waals surface area contributed by atoms with Crippen molar-refractivity contribution in [1.82, 2.24) is 0 Å². The van der Waals surface area contributed by atoms with E-state index in [2.05, 4.69) is 4.74 Å². The van der Waals surface area contributed by atoms with Crippen LogP contribution in [0.4, 0.5) is 17.6 Å². The summed E-state index contributed by atoms with van der Waals surface area (Å²) in [6.45, 7) is 1.39. The number of benzene rings is 2. The molecule has 0 atom stereocenters. The molecule has 0 aliphatic rings. The van der Waals surface area contributed by atoms with Crippen LogP contribution in [0.15, 0.2) is 36.4 Å². The van der Waals surface area contributed by atoms with Gasteiger partial charge in [0.25, 0.3) is 0 Å². The number of hydrogen-bond donors (Lipinski definition) is 1. The Morgan fingerprint density at radius 3 is 2.36 bits per heavy atom. The van der Waals surface area contributed by atoms with Gasteiger partial charge in [-0.05, 0) is 30.7 Å². The SMILES string of the molecule is Cc1cc(-c2ccccc2OC(F)(F)F)c(C(=O)O)cc1F. The molecule has 0 spiro atoms. The zero-order chi connectivity index (χ0) is 16.5. The van der Waals surface area contributed by atoms with Crippen molar-refractivity contribution in [2.75, 3.05) is 0 Å². The summed E-state index contributed by atoms with van der Waals surface area (Å²) in [5, 5.41) is 9.14. The second-order valence-corrected chi connectivity index (χ2v) is 4.50. The molecule has 2 aromatic rings. The number of carboxylic acid groups (broad SMARTS) is 1. The van der Waals surface area contributed by atoms with E-state index < -0.39 is 29.5 Å². The maximum Gasteiger partial charge on any atom is 0.573 e. The van der Waals surface area contributed by atoms with Crippen molar-refractivity contribution in [3.05, 3.63) is 53.3 Å². The highest BCUT2D eigenvalue weighted by Gasteiger charge is 2.32. The van der Waals surface area contributed by atoms with Crippen LogP contribution in [-0.2, 0) is 0 Å². The zero-order valence-corrected chi connectivity index (χ0v) is 11.2. The van der Waals surface area contributed by atoms with Gasteiger partial charge in [-0.2, -0.15) is 0 Å². The van der Waals surface area contributed by atoms with E-state index in [9.17, 15) is 22.4 Å². The normalized spacial score (nSPS) is 11.3. The van der Waals surface area contributed by atoms with E-state index in [-0.39, 0.29) is 16.7 Å². The third-order valence-corrected chi connectivity index (χ3v) is 2.93. The van der Waals surface area contributed by atoms with Gasteiger partial charge in [0.2, 0.25) is 0 Å². The van der Waals surface area contributed by atoms with Gasteiger partial charge in [0.05, 0.1) is 5.56 Å². The van der Waals surface area contributed by atoms with Gasteiger partial charge in [0.1, 0.15) is 11.6 Å².